The summed E-state index contributed by atoms with van der Waals surface area (Å²) >= 11 is 6.02. The highest BCUT2D eigenvalue weighted by atomic mass is 35.5. The number of benzene rings is 2. The number of amides is 2. The van der Waals surface area contributed by atoms with E-state index in [1.807, 2.05) is 24.3 Å². The number of hydrogen-bond acceptors (Lipinski definition) is 4. The van der Waals surface area contributed by atoms with Crippen LogP contribution >= 0.6 is 11.6 Å². The van der Waals surface area contributed by atoms with Crippen LogP contribution in [-0.2, 0) is 9.59 Å². The van der Waals surface area contributed by atoms with E-state index in [2.05, 4.69) is 10.2 Å². The zero-order valence-corrected chi connectivity index (χ0v) is 15.9. The Morgan fingerprint density at radius 2 is 1.70 bits per heavy atom. The summed E-state index contributed by atoms with van der Waals surface area (Å²) < 4.78 is 5.17. The van der Waals surface area contributed by atoms with E-state index in [9.17, 15) is 9.59 Å². The number of nitrogens with zero attached hydrogens (tertiary/aromatic N) is 2. The Balaban J connectivity index is 1.49. The zero-order chi connectivity index (χ0) is 19.2. The minimum atomic E-state index is -0.356. The molecule has 6 nitrogen and oxygen atoms in total. The summed E-state index contributed by atoms with van der Waals surface area (Å²) in [5.74, 6) is 0.289. The largest absolute Gasteiger partial charge is 0.497 e. The van der Waals surface area contributed by atoms with Gasteiger partial charge in [0.05, 0.1) is 17.8 Å². The number of hydrogen-bond donors (Lipinski definition) is 1. The molecule has 0 aliphatic carbocycles. The SMILES string of the molecule is COc1ccc(N2CCN(C(=O)CC(=O)Nc3ccccc3Cl)CC2)cc1. The van der Waals surface area contributed by atoms with Crippen molar-refractivity contribution >= 4 is 34.8 Å². The molecule has 0 aromatic heterocycles. The van der Waals surface area contributed by atoms with Crippen molar-refractivity contribution in [2.75, 3.05) is 43.5 Å². The van der Waals surface area contributed by atoms with E-state index >= 15 is 0 Å². The number of methoxy groups -OCH3 is 1. The third kappa shape index (κ3) is 4.92. The third-order valence-corrected chi connectivity index (χ3v) is 4.86. The van der Waals surface area contributed by atoms with Gasteiger partial charge in [-0.25, -0.2) is 0 Å². The summed E-state index contributed by atoms with van der Waals surface area (Å²) in [5.41, 5.74) is 1.61. The molecule has 27 heavy (non-hydrogen) atoms. The Kier molecular flexibility index (Phi) is 6.19. The van der Waals surface area contributed by atoms with E-state index in [1.54, 1.807) is 36.3 Å². The number of halogens is 1. The summed E-state index contributed by atoms with van der Waals surface area (Å²) in [5, 5.41) is 3.14. The van der Waals surface area contributed by atoms with Crippen molar-refractivity contribution in [2.45, 2.75) is 6.42 Å². The monoisotopic (exact) mass is 387 g/mol. The number of carbonyl (C=O) groups is 2. The number of piperazine rings is 1. The Hall–Kier alpha value is -2.73. The highest BCUT2D eigenvalue weighted by molar-refractivity contribution is 6.33. The van der Waals surface area contributed by atoms with Gasteiger partial charge in [0.1, 0.15) is 12.2 Å². The minimum absolute atomic E-state index is 0.172. The highest BCUT2D eigenvalue weighted by Crippen LogP contribution is 2.22. The molecule has 1 aliphatic rings. The van der Waals surface area contributed by atoms with Crippen molar-refractivity contribution in [1.82, 2.24) is 4.90 Å². The molecule has 3 rings (SSSR count). The molecule has 2 aromatic carbocycles. The van der Waals surface area contributed by atoms with Crippen LogP contribution in [0, 0.1) is 0 Å². The maximum absolute atomic E-state index is 12.4. The average Bonchev–Trinajstić information content (AvgIpc) is 2.70. The van der Waals surface area contributed by atoms with Gasteiger partial charge in [0.2, 0.25) is 11.8 Å². The summed E-state index contributed by atoms with van der Waals surface area (Å²) in [6.45, 7) is 2.63. The molecule has 0 unspecified atom stereocenters. The van der Waals surface area contributed by atoms with Gasteiger partial charge in [-0.15, -0.1) is 0 Å². The summed E-state index contributed by atoms with van der Waals surface area (Å²) in [4.78, 5) is 28.5. The Labute approximate surface area is 163 Å². The number of ether oxygens (including phenoxy) is 1. The molecule has 0 saturated carbocycles. The minimum Gasteiger partial charge on any atom is -0.497 e. The van der Waals surface area contributed by atoms with Gasteiger partial charge in [-0.3, -0.25) is 9.59 Å². The predicted molar refractivity (Wildman–Crippen MR) is 106 cm³/mol. The van der Waals surface area contributed by atoms with Gasteiger partial charge >= 0.3 is 0 Å². The average molecular weight is 388 g/mol. The third-order valence-electron chi connectivity index (χ3n) is 4.53. The Morgan fingerprint density at radius 1 is 1.04 bits per heavy atom. The topological polar surface area (TPSA) is 61.9 Å². The van der Waals surface area contributed by atoms with E-state index in [1.165, 1.54) is 0 Å². The van der Waals surface area contributed by atoms with Gasteiger partial charge in [-0.05, 0) is 36.4 Å². The van der Waals surface area contributed by atoms with Crippen molar-refractivity contribution in [3.63, 3.8) is 0 Å². The molecule has 0 atom stereocenters. The summed E-state index contributed by atoms with van der Waals surface area (Å²) in [6, 6.07) is 14.8. The quantitative estimate of drug-likeness (QED) is 0.801. The van der Waals surface area contributed by atoms with E-state index in [4.69, 9.17) is 16.3 Å². The van der Waals surface area contributed by atoms with E-state index in [0.29, 0.717) is 23.8 Å². The summed E-state index contributed by atoms with van der Waals surface area (Å²) in [6.07, 6.45) is -0.187. The lowest BCUT2D eigenvalue weighted by Crippen LogP contribution is -2.49. The van der Waals surface area contributed by atoms with Crippen molar-refractivity contribution in [1.29, 1.82) is 0 Å². The second-order valence-corrected chi connectivity index (χ2v) is 6.68. The van der Waals surface area contributed by atoms with Gasteiger partial charge < -0.3 is 19.9 Å². The predicted octanol–water partition coefficient (Wildman–Crippen LogP) is 3.03. The van der Waals surface area contributed by atoms with Crippen LogP contribution in [0.3, 0.4) is 0 Å². The molecule has 142 valence electrons. The molecule has 2 aromatic rings. The maximum atomic E-state index is 12.4. The van der Waals surface area contributed by atoms with Crippen LogP contribution < -0.4 is 15.0 Å². The fourth-order valence-electron chi connectivity index (χ4n) is 3.01. The van der Waals surface area contributed by atoms with Crippen LogP contribution in [0.5, 0.6) is 5.75 Å². The maximum Gasteiger partial charge on any atom is 0.233 e. The molecule has 1 fully saturated rings. The van der Waals surface area contributed by atoms with Gasteiger partial charge in [0.15, 0.2) is 0 Å². The lowest BCUT2D eigenvalue weighted by molar-refractivity contribution is -0.134. The zero-order valence-electron chi connectivity index (χ0n) is 15.2. The first kappa shape index (κ1) is 19.0. The first-order valence-electron chi connectivity index (χ1n) is 8.78. The van der Waals surface area contributed by atoms with Crippen LogP contribution in [0.2, 0.25) is 5.02 Å². The standard InChI is InChI=1S/C20H22ClN3O3/c1-27-16-8-6-15(7-9-16)23-10-12-24(13-11-23)20(26)14-19(25)22-18-5-3-2-4-17(18)21/h2-9H,10-14H2,1H3,(H,22,25). The lowest BCUT2D eigenvalue weighted by atomic mass is 10.2. The van der Waals surface area contributed by atoms with Crippen molar-refractivity contribution in [3.8, 4) is 5.75 Å². The molecule has 1 aliphatic heterocycles. The van der Waals surface area contributed by atoms with Crippen molar-refractivity contribution in [3.05, 3.63) is 53.6 Å². The molecule has 2 amide bonds. The van der Waals surface area contributed by atoms with Gasteiger partial charge in [0.25, 0.3) is 0 Å². The van der Waals surface area contributed by atoms with Crippen LogP contribution in [-0.4, -0.2) is 50.0 Å². The van der Waals surface area contributed by atoms with Gasteiger partial charge in [-0.1, -0.05) is 23.7 Å². The Bertz CT molecular complexity index is 802. The fraction of sp³-hybridized carbons (Fsp3) is 0.300. The van der Waals surface area contributed by atoms with E-state index < -0.39 is 0 Å². The van der Waals surface area contributed by atoms with Gasteiger partial charge in [0, 0.05) is 31.9 Å². The van der Waals surface area contributed by atoms with Crippen LogP contribution in [0.25, 0.3) is 0 Å². The Morgan fingerprint density at radius 3 is 2.33 bits per heavy atom. The fourth-order valence-corrected chi connectivity index (χ4v) is 3.20. The van der Waals surface area contributed by atoms with Crippen molar-refractivity contribution < 1.29 is 14.3 Å². The summed E-state index contributed by atoms with van der Waals surface area (Å²) in [7, 11) is 1.64. The molecular weight excluding hydrogens is 366 g/mol. The van der Waals surface area contributed by atoms with E-state index in [0.717, 1.165) is 24.5 Å². The molecular formula is C20H22ClN3O3. The smallest absolute Gasteiger partial charge is 0.233 e. The van der Waals surface area contributed by atoms with E-state index in [-0.39, 0.29) is 18.2 Å². The first-order chi connectivity index (χ1) is 13.1. The number of carbonyl (C=O) groups excluding carboxylic acids is 2. The number of nitrogens with one attached hydrogen (secondary N) is 1. The second kappa shape index (κ2) is 8.77. The van der Waals surface area contributed by atoms with Crippen molar-refractivity contribution in [2.24, 2.45) is 0 Å². The van der Waals surface area contributed by atoms with Crippen LogP contribution in [0.4, 0.5) is 11.4 Å². The van der Waals surface area contributed by atoms with Gasteiger partial charge in [-0.2, -0.15) is 0 Å². The molecule has 0 radical (unpaired) electrons. The molecule has 7 heteroatoms. The van der Waals surface area contributed by atoms with Crippen LogP contribution in [0.15, 0.2) is 48.5 Å². The highest BCUT2D eigenvalue weighted by Gasteiger charge is 2.23. The molecule has 1 heterocycles. The number of rotatable bonds is 5. The first-order valence-corrected chi connectivity index (χ1v) is 9.16. The molecule has 1 saturated heterocycles. The number of para-hydroxylation sites is 1. The van der Waals surface area contributed by atoms with Crippen LogP contribution in [0.1, 0.15) is 6.42 Å². The molecule has 1 N–H and O–H groups in total. The normalized spacial score (nSPS) is 14.0. The lowest BCUT2D eigenvalue weighted by Gasteiger charge is -2.36. The molecule has 0 spiro atoms. The molecule has 0 bridgehead atoms. The number of anilines is 2. The second-order valence-electron chi connectivity index (χ2n) is 6.27.